The Morgan fingerprint density at radius 3 is 2.56 bits per heavy atom. The van der Waals surface area contributed by atoms with E-state index in [1.807, 2.05) is 13.8 Å². The first kappa shape index (κ1) is 22.2. The summed E-state index contributed by atoms with van der Waals surface area (Å²) in [5.41, 5.74) is 9.04. The van der Waals surface area contributed by atoms with Crippen molar-refractivity contribution < 1.29 is 9.53 Å². The molecule has 0 radical (unpaired) electrons. The highest BCUT2D eigenvalue weighted by atomic mass is 16.5. The number of nitrogens with one attached hydrogen (secondary N) is 1. The number of hydrogen-bond donors (Lipinski definition) is 2. The molecule has 2 heterocycles. The van der Waals surface area contributed by atoms with E-state index in [-0.39, 0.29) is 5.91 Å². The molecule has 0 atom stereocenters. The van der Waals surface area contributed by atoms with E-state index in [0.717, 1.165) is 49.9 Å². The minimum Gasteiger partial charge on any atom is -0.463 e. The van der Waals surface area contributed by atoms with Gasteiger partial charge < -0.3 is 15.8 Å². The monoisotopic (exact) mass is 435 g/mol. The van der Waals surface area contributed by atoms with Crippen LogP contribution >= 0.6 is 0 Å². The number of hydrogen-bond acceptors (Lipinski definition) is 6. The number of fused-ring (bicyclic) bond motifs is 1. The number of nitrogens with two attached hydrogens (primary N) is 1. The summed E-state index contributed by atoms with van der Waals surface area (Å²) >= 11 is 0. The van der Waals surface area contributed by atoms with Crippen LogP contribution in [0.3, 0.4) is 0 Å². The first-order valence-electron chi connectivity index (χ1n) is 11.6. The van der Waals surface area contributed by atoms with E-state index >= 15 is 0 Å². The van der Waals surface area contributed by atoms with E-state index in [0.29, 0.717) is 35.6 Å². The number of aromatic nitrogens is 2. The fraction of sp³-hybridized carbons (Fsp3) is 0.520. The summed E-state index contributed by atoms with van der Waals surface area (Å²) in [6.45, 7) is 6.82. The zero-order valence-corrected chi connectivity index (χ0v) is 19.2. The van der Waals surface area contributed by atoms with Crippen LogP contribution in [0.25, 0.3) is 0 Å². The molecule has 7 nitrogen and oxygen atoms in total. The second kappa shape index (κ2) is 9.27. The van der Waals surface area contributed by atoms with Gasteiger partial charge in [-0.2, -0.15) is 4.98 Å². The maximum atomic E-state index is 12.0. The van der Waals surface area contributed by atoms with Gasteiger partial charge in [0.25, 0.3) is 0 Å². The van der Waals surface area contributed by atoms with Crippen molar-refractivity contribution >= 4 is 23.1 Å². The van der Waals surface area contributed by atoms with Crippen LogP contribution < -0.4 is 15.8 Å². The van der Waals surface area contributed by atoms with Crippen molar-refractivity contribution in [3.05, 3.63) is 41.7 Å². The third-order valence-electron chi connectivity index (χ3n) is 6.51. The van der Waals surface area contributed by atoms with Gasteiger partial charge in [0.2, 0.25) is 11.8 Å². The number of carbonyl (C=O) groups excluding carboxylic acids is 1. The Kier molecular flexibility index (Phi) is 6.44. The smallest absolute Gasteiger partial charge is 0.246 e. The number of anilines is 1. The fourth-order valence-corrected chi connectivity index (χ4v) is 4.72. The van der Waals surface area contributed by atoms with Crippen LogP contribution in [0.4, 0.5) is 11.5 Å². The van der Waals surface area contributed by atoms with Gasteiger partial charge in [-0.1, -0.05) is 31.2 Å². The van der Waals surface area contributed by atoms with E-state index in [1.165, 1.54) is 11.9 Å². The molecule has 1 aromatic carbocycles. The lowest BCUT2D eigenvalue weighted by molar-refractivity contribution is -0.122. The highest BCUT2D eigenvalue weighted by molar-refractivity contribution is 6.09. The Morgan fingerprint density at radius 2 is 1.88 bits per heavy atom. The fourth-order valence-electron chi connectivity index (χ4n) is 4.72. The molecular formula is C25H33N5O2. The van der Waals surface area contributed by atoms with Crippen molar-refractivity contribution in [3.63, 3.8) is 0 Å². The minimum atomic E-state index is -0.619. The molecule has 2 aliphatic rings. The molecule has 0 saturated heterocycles. The van der Waals surface area contributed by atoms with Crippen molar-refractivity contribution in [2.24, 2.45) is 10.9 Å². The summed E-state index contributed by atoms with van der Waals surface area (Å²) in [6, 6.07) is 8.64. The van der Waals surface area contributed by atoms with Crippen LogP contribution in [0, 0.1) is 5.92 Å². The van der Waals surface area contributed by atoms with E-state index in [4.69, 9.17) is 15.5 Å². The molecule has 1 fully saturated rings. The molecule has 0 unspecified atom stereocenters. The molecule has 0 spiro atoms. The summed E-state index contributed by atoms with van der Waals surface area (Å²) in [5.74, 6) is 1.99. The van der Waals surface area contributed by atoms with Crippen LogP contribution in [0.5, 0.6) is 5.88 Å². The number of nitrogen functional groups attached to an aromatic ring is 1. The molecule has 1 amide bonds. The maximum absolute atomic E-state index is 12.0. The van der Waals surface area contributed by atoms with Crippen LogP contribution in [0.2, 0.25) is 0 Å². The van der Waals surface area contributed by atoms with Gasteiger partial charge in [0.15, 0.2) is 11.5 Å². The highest BCUT2D eigenvalue weighted by Crippen LogP contribution is 2.40. The SMILES string of the molecule is CCCNC(=O)CC1CCC(c2ccc(C3=Nc4c(N)ncnc4OC3(C)C)cc2)CC1. The molecule has 3 N–H and O–H groups in total. The minimum absolute atomic E-state index is 0.199. The molecule has 7 heteroatoms. The molecule has 1 aromatic heterocycles. The van der Waals surface area contributed by atoms with Gasteiger partial charge in [0, 0.05) is 18.5 Å². The topological polar surface area (TPSA) is 102 Å². The van der Waals surface area contributed by atoms with Gasteiger partial charge in [-0.15, -0.1) is 0 Å². The molecule has 32 heavy (non-hydrogen) atoms. The predicted molar refractivity (Wildman–Crippen MR) is 126 cm³/mol. The number of aliphatic imine (C=N–C) groups is 1. The van der Waals surface area contributed by atoms with Crippen molar-refractivity contribution in [3.8, 4) is 5.88 Å². The summed E-state index contributed by atoms with van der Waals surface area (Å²) < 4.78 is 6.09. The van der Waals surface area contributed by atoms with Gasteiger partial charge in [0.05, 0.1) is 5.71 Å². The first-order chi connectivity index (χ1) is 15.4. The highest BCUT2D eigenvalue weighted by Gasteiger charge is 2.35. The number of carbonyl (C=O) groups is 1. The predicted octanol–water partition coefficient (Wildman–Crippen LogP) is 4.54. The van der Waals surface area contributed by atoms with E-state index in [1.54, 1.807) is 0 Å². The number of benzene rings is 1. The Labute approximate surface area is 189 Å². The van der Waals surface area contributed by atoms with Crippen molar-refractivity contribution in [1.82, 2.24) is 15.3 Å². The third kappa shape index (κ3) is 4.76. The lowest BCUT2D eigenvalue weighted by atomic mass is 9.77. The second-order valence-electron chi connectivity index (χ2n) is 9.38. The average molecular weight is 436 g/mol. The molecule has 2 aromatic rings. The Bertz CT molecular complexity index is 992. The third-order valence-corrected chi connectivity index (χ3v) is 6.51. The number of amides is 1. The normalized spacial score (nSPS) is 21.8. The van der Waals surface area contributed by atoms with E-state index < -0.39 is 5.60 Å². The van der Waals surface area contributed by atoms with Crippen LogP contribution in [0.1, 0.15) is 76.3 Å². The Morgan fingerprint density at radius 1 is 1.16 bits per heavy atom. The van der Waals surface area contributed by atoms with Gasteiger partial charge in [-0.05, 0) is 63.4 Å². The summed E-state index contributed by atoms with van der Waals surface area (Å²) in [4.78, 5) is 25.0. The lowest BCUT2D eigenvalue weighted by Gasteiger charge is -2.32. The van der Waals surface area contributed by atoms with Crippen LogP contribution in [-0.2, 0) is 4.79 Å². The van der Waals surface area contributed by atoms with Crippen molar-refractivity contribution in [2.45, 2.75) is 70.8 Å². The molecule has 170 valence electrons. The summed E-state index contributed by atoms with van der Waals surface area (Å²) in [6.07, 6.45) is 7.51. The van der Waals surface area contributed by atoms with E-state index in [2.05, 4.69) is 46.5 Å². The molecule has 0 bridgehead atoms. The van der Waals surface area contributed by atoms with Gasteiger partial charge in [-0.25, -0.2) is 9.98 Å². The molecular weight excluding hydrogens is 402 g/mol. The Hall–Kier alpha value is -2.96. The van der Waals surface area contributed by atoms with Gasteiger partial charge >= 0.3 is 0 Å². The quantitative estimate of drug-likeness (QED) is 0.693. The maximum Gasteiger partial charge on any atom is 0.246 e. The summed E-state index contributed by atoms with van der Waals surface area (Å²) in [5, 5.41) is 3.00. The van der Waals surface area contributed by atoms with Crippen LogP contribution in [0.15, 0.2) is 35.6 Å². The largest absolute Gasteiger partial charge is 0.463 e. The molecule has 4 rings (SSSR count). The zero-order valence-electron chi connectivity index (χ0n) is 19.2. The standard InChI is InChI=1S/C25H33N5O2/c1-4-13-27-20(31)14-16-5-7-17(8-6-16)18-9-11-19(12-10-18)22-25(2,3)32-24-21(30-22)23(26)28-15-29-24/h9-12,15-17H,4-8,13-14H2,1-3H3,(H,27,31)(H2,26,28,29). The van der Waals surface area contributed by atoms with Crippen molar-refractivity contribution in [1.29, 1.82) is 0 Å². The lowest BCUT2D eigenvalue weighted by Crippen LogP contribution is -2.41. The van der Waals surface area contributed by atoms with E-state index in [9.17, 15) is 4.79 Å². The van der Waals surface area contributed by atoms with Crippen molar-refractivity contribution in [2.75, 3.05) is 12.3 Å². The van der Waals surface area contributed by atoms with Gasteiger partial charge in [-0.3, -0.25) is 4.79 Å². The molecule has 1 aliphatic heterocycles. The average Bonchev–Trinajstić information content (AvgIpc) is 2.78. The molecule has 1 saturated carbocycles. The van der Waals surface area contributed by atoms with Gasteiger partial charge in [0.1, 0.15) is 11.9 Å². The first-order valence-corrected chi connectivity index (χ1v) is 11.6. The second-order valence-corrected chi connectivity index (χ2v) is 9.38. The van der Waals surface area contributed by atoms with Crippen LogP contribution in [-0.4, -0.2) is 33.7 Å². The Balaban J connectivity index is 1.43. The number of nitrogens with zero attached hydrogens (tertiary/aromatic N) is 3. The summed E-state index contributed by atoms with van der Waals surface area (Å²) in [7, 11) is 0. The number of rotatable bonds is 6. The number of ether oxygens (including phenoxy) is 1. The zero-order chi connectivity index (χ0) is 22.7. The molecule has 1 aliphatic carbocycles.